The van der Waals surface area contributed by atoms with Crippen molar-refractivity contribution < 1.29 is 4.79 Å². The first-order valence-corrected chi connectivity index (χ1v) is 6.85. The van der Waals surface area contributed by atoms with E-state index >= 15 is 0 Å². The number of carbonyl (C=O) groups is 1. The molecule has 17 heavy (non-hydrogen) atoms. The summed E-state index contributed by atoms with van der Waals surface area (Å²) in [5.41, 5.74) is 1.71. The van der Waals surface area contributed by atoms with Crippen molar-refractivity contribution in [3.63, 3.8) is 0 Å². The first-order valence-electron chi connectivity index (χ1n) is 5.97. The van der Waals surface area contributed by atoms with E-state index in [1.165, 1.54) is 11.3 Å². The zero-order chi connectivity index (χ0) is 11.7. The maximum Gasteiger partial charge on any atom is 0.265 e. The number of nitrogens with one attached hydrogen (secondary N) is 1. The van der Waals surface area contributed by atoms with Gasteiger partial charge in [0, 0.05) is 45.3 Å². The van der Waals surface area contributed by atoms with Crippen LogP contribution in [0.3, 0.4) is 0 Å². The highest BCUT2D eigenvalue weighted by atomic mass is 32.1. The number of rotatable bonds is 2. The van der Waals surface area contributed by atoms with Crippen LogP contribution in [0.25, 0.3) is 0 Å². The fraction of sp³-hybridized carbons (Fsp3) is 0.636. The monoisotopic (exact) mass is 252 g/mol. The summed E-state index contributed by atoms with van der Waals surface area (Å²) in [6, 6.07) is 0.564. The van der Waals surface area contributed by atoms with Crippen LogP contribution < -0.4 is 5.32 Å². The molecule has 1 aromatic rings. The normalized spacial score (nSPS) is 22.5. The summed E-state index contributed by atoms with van der Waals surface area (Å²) >= 11 is 1.42. The van der Waals surface area contributed by atoms with Gasteiger partial charge in [-0.25, -0.2) is 0 Å². The molecule has 3 heterocycles. The molecule has 3 rings (SSSR count). The number of nitrogens with zero attached hydrogens (tertiary/aromatic N) is 3. The van der Waals surface area contributed by atoms with Crippen molar-refractivity contribution in [3.05, 3.63) is 16.6 Å². The van der Waals surface area contributed by atoms with E-state index in [0.29, 0.717) is 6.04 Å². The summed E-state index contributed by atoms with van der Waals surface area (Å²) in [5, 5.41) is 3.35. The maximum absolute atomic E-state index is 12.0. The zero-order valence-electron chi connectivity index (χ0n) is 9.63. The first-order chi connectivity index (χ1) is 8.34. The highest BCUT2D eigenvalue weighted by Crippen LogP contribution is 2.19. The molecule has 92 valence electrons. The highest BCUT2D eigenvalue weighted by molar-refractivity contribution is 7.11. The minimum atomic E-state index is 0.138. The first kappa shape index (κ1) is 11.1. The van der Waals surface area contributed by atoms with Gasteiger partial charge in [-0.2, -0.15) is 0 Å². The van der Waals surface area contributed by atoms with Crippen LogP contribution >= 0.6 is 11.3 Å². The SMILES string of the molecule is O=C(c1cncs1)N1CC(N2CCNCC2)C1. The van der Waals surface area contributed by atoms with Gasteiger partial charge in [0.2, 0.25) is 0 Å². The quantitative estimate of drug-likeness (QED) is 0.797. The van der Waals surface area contributed by atoms with Crippen LogP contribution in [-0.4, -0.2) is 66.0 Å². The molecule has 0 aliphatic carbocycles. The topological polar surface area (TPSA) is 48.5 Å². The van der Waals surface area contributed by atoms with E-state index in [2.05, 4.69) is 15.2 Å². The molecule has 0 spiro atoms. The fourth-order valence-electron chi connectivity index (χ4n) is 2.38. The summed E-state index contributed by atoms with van der Waals surface area (Å²) in [4.78, 5) is 21.1. The second kappa shape index (κ2) is 4.72. The van der Waals surface area contributed by atoms with Crippen LogP contribution in [0.4, 0.5) is 0 Å². The summed E-state index contributed by atoms with van der Waals surface area (Å²) < 4.78 is 0. The third-order valence-corrected chi connectivity index (χ3v) is 4.22. The number of amides is 1. The molecule has 0 atom stereocenters. The minimum absolute atomic E-state index is 0.138. The van der Waals surface area contributed by atoms with E-state index in [1.807, 2.05) is 4.90 Å². The van der Waals surface area contributed by atoms with Gasteiger partial charge in [0.1, 0.15) is 4.88 Å². The molecule has 6 heteroatoms. The predicted molar refractivity (Wildman–Crippen MR) is 66.2 cm³/mol. The van der Waals surface area contributed by atoms with Crippen LogP contribution in [0.5, 0.6) is 0 Å². The number of likely N-dealkylation sites (tertiary alicyclic amines) is 1. The molecule has 0 saturated carbocycles. The molecule has 2 fully saturated rings. The Morgan fingerprint density at radius 1 is 1.41 bits per heavy atom. The molecule has 1 amide bonds. The zero-order valence-corrected chi connectivity index (χ0v) is 10.4. The van der Waals surface area contributed by atoms with E-state index < -0.39 is 0 Å². The van der Waals surface area contributed by atoms with Gasteiger partial charge in [-0.3, -0.25) is 14.7 Å². The third-order valence-electron chi connectivity index (χ3n) is 3.46. The summed E-state index contributed by atoms with van der Waals surface area (Å²) in [7, 11) is 0. The minimum Gasteiger partial charge on any atom is -0.335 e. The number of hydrogen-bond donors (Lipinski definition) is 1. The second-order valence-corrected chi connectivity index (χ2v) is 5.40. The summed E-state index contributed by atoms with van der Waals surface area (Å²) in [6.45, 7) is 6.09. The molecule has 2 aliphatic heterocycles. The Hall–Kier alpha value is -0.980. The van der Waals surface area contributed by atoms with Crippen molar-refractivity contribution >= 4 is 17.2 Å². The molecular weight excluding hydrogens is 236 g/mol. The van der Waals surface area contributed by atoms with Gasteiger partial charge in [0.05, 0.1) is 11.7 Å². The molecule has 0 aromatic carbocycles. The van der Waals surface area contributed by atoms with Gasteiger partial charge in [-0.1, -0.05) is 0 Å². The molecule has 2 aliphatic rings. The van der Waals surface area contributed by atoms with Crippen molar-refractivity contribution in [1.29, 1.82) is 0 Å². The van der Waals surface area contributed by atoms with Crippen LogP contribution in [0.15, 0.2) is 11.7 Å². The van der Waals surface area contributed by atoms with Crippen molar-refractivity contribution in [2.75, 3.05) is 39.3 Å². The van der Waals surface area contributed by atoms with E-state index in [0.717, 1.165) is 44.1 Å². The lowest BCUT2D eigenvalue weighted by molar-refractivity contribution is 0.0230. The average Bonchev–Trinajstić information content (AvgIpc) is 2.81. The van der Waals surface area contributed by atoms with Crippen LogP contribution in [0, 0.1) is 0 Å². The Labute approximate surface area is 104 Å². The second-order valence-electron chi connectivity index (χ2n) is 4.52. The third kappa shape index (κ3) is 2.20. The molecule has 2 saturated heterocycles. The van der Waals surface area contributed by atoms with E-state index in [1.54, 1.807) is 11.7 Å². The van der Waals surface area contributed by atoms with Gasteiger partial charge in [-0.15, -0.1) is 11.3 Å². The van der Waals surface area contributed by atoms with Gasteiger partial charge < -0.3 is 10.2 Å². The number of hydrogen-bond acceptors (Lipinski definition) is 5. The standard InChI is InChI=1S/C11H16N4OS/c16-11(10-5-13-8-17-10)15-6-9(7-15)14-3-1-12-2-4-14/h5,8-9,12H,1-4,6-7H2. The average molecular weight is 252 g/mol. The lowest BCUT2D eigenvalue weighted by atomic mass is 10.1. The predicted octanol–water partition coefficient (Wildman–Crippen LogP) is -0.127. The molecule has 1 N–H and O–H groups in total. The Morgan fingerprint density at radius 2 is 2.18 bits per heavy atom. The van der Waals surface area contributed by atoms with Crippen molar-refractivity contribution in [2.45, 2.75) is 6.04 Å². The molecule has 1 aromatic heterocycles. The van der Waals surface area contributed by atoms with Gasteiger partial charge in [-0.05, 0) is 0 Å². The number of carbonyl (C=O) groups excluding carboxylic acids is 1. The summed E-state index contributed by atoms with van der Waals surface area (Å²) in [6.07, 6.45) is 1.66. The lowest BCUT2D eigenvalue weighted by Gasteiger charge is -2.46. The number of piperazine rings is 1. The fourth-order valence-corrected chi connectivity index (χ4v) is 2.96. The van der Waals surface area contributed by atoms with E-state index in [4.69, 9.17) is 0 Å². The molecule has 5 nitrogen and oxygen atoms in total. The lowest BCUT2D eigenvalue weighted by Crippen LogP contribution is -2.63. The van der Waals surface area contributed by atoms with Crippen molar-refractivity contribution in [1.82, 2.24) is 20.1 Å². The van der Waals surface area contributed by atoms with Gasteiger partial charge in [0.25, 0.3) is 5.91 Å². The molecule has 0 unspecified atom stereocenters. The van der Waals surface area contributed by atoms with Crippen molar-refractivity contribution in [3.8, 4) is 0 Å². The van der Waals surface area contributed by atoms with Gasteiger partial charge in [0.15, 0.2) is 0 Å². The summed E-state index contributed by atoms with van der Waals surface area (Å²) in [5.74, 6) is 0.138. The number of thiazole rings is 1. The molecule has 0 radical (unpaired) electrons. The Morgan fingerprint density at radius 3 is 2.82 bits per heavy atom. The number of aromatic nitrogens is 1. The van der Waals surface area contributed by atoms with E-state index in [9.17, 15) is 4.79 Å². The van der Waals surface area contributed by atoms with E-state index in [-0.39, 0.29) is 5.91 Å². The Kier molecular flexibility index (Phi) is 3.09. The maximum atomic E-state index is 12.0. The molecule has 0 bridgehead atoms. The Balaban J connectivity index is 1.52. The van der Waals surface area contributed by atoms with Gasteiger partial charge >= 0.3 is 0 Å². The largest absolute Gasteiger partial charge is 0.335 e. The molecular formula is C11H16N4OS. The van der Waals surface area contributed by atoms with Crippen LogP contribution in [0.1, 0.15) is 9.67 Å². The smallest absolute Gasteiger partial charge is 0.265 e. The Bertz CT molecular complexity index is 382. The van der Waals surface area contributed by atoms with Crippen LogP contribution in [0.2, 0.25) is 0 Å². The van der Waals surface area contributed by atoms with Crippen LogP contribution in [-0.2, 0) is 0 Å². The highest BCUT2D eigenvalue weighted by Gasteiger charge is 2.35. The van der Waals surface area contributed by atoms with Crippen molar-refractivity contribution in [2.24, 2.45) is 0 Å².